The number of hydrogen-bond donors (Lipinski definition) is 1. The van der Waals surface area contributed by atoms with Crippen LogP contribution in [0.5, 0.6) is 0 Å². The standard InChI is InChI=1S/C10H12N2O/c1-2-4-9(13)7-8-5-3-6-12-10(8)11/h2-3,5-6H,1,4,7H2,(H2,11,12). The number of ketones is 1. The minimum absolute atomic E-state index is 0.106. The molecule has 0 aliphatic heterocycles. The van der Waals surface area contributed by atoms with Crippen LogP contribution in [-0.2, 0) is 11.2 Å². The second-order valence-corrected chi connectivity index (χ2v) is 2.76. The third-order valence-electron chi connectivity index (χ3n) is 1.69. The van der Waals surface area contributed by atoms with Crippen molar-refractivity contribution in [3.05, 3.63) is 36.5 Å². The number of Topliss-reactive ketones (excluding diaryl/α,β-unsaturated/α-hetero) is 1. The summed E-state index contributed by atoms with van der Waals surface area (Å²) in [4.78, 5) is 15.1. The molecule has 0 saturated heterocycles. The fraction of sp³-hybridized carbons (Fsp3) is 0.200. The second-order valence-electron chi connectivity index (χ2n) is 2.76. The topological polar surface area (TPSA) is 56.0 Å². The second kappa shape index (κ2) is 4.40. The fourth-order valence-electron chi connectivity index (χ4n) is 1.05. The van der Waals surface area contributed by atoms with Crippen molar-refractivity contribution in [3.8, 4) is 0 Å². The van der Waals surface area contributed by atoms with Crippen LogP contribution in [0, 0.1) is 0 Å². The summed E-state index contributed by atoms with van der Waals surface area (Å²) in [5.41, 5.74) is 6.36. The number of carbonyl (C=O) groups excluding carboxylic acids is 1. The summed E-state index contributed by atoms with van der Waals surface area (Å²) >= 11 is 0. The first-order valence-electron chi connectivity index (χ1n) is 4.06. The van der Waals surface area contributed by atoms with Gasteiger partial charge in [0.15, 0.2) is 0 Å². The Balaban J connectivity index is 2.68. The van der Waals surface area contributed by atoms with Crippen LogP contribution in [0.3, 0.4) is 0 Å². The van der Waals surface area contributed by atoms with E-state index in [1.165, 1.54) is 0 Å². The Morgan fingerprint density at radius 3 is 3.08 bits per heavy atom. The Morgan fingerprint density at radius 1 is 1.69 bits per heavy atom. The van der Waals surface area contributed by atoms with Gasteiger partial charge in [-0.15, -0.1) is 6.58 Å². The third kappa shape index (κ3) is 2.71. The SMILES string of the molecule is C=CCC(=O)Cc1cccnc1N. The lowest BCUT2D eigenvalue weighted by atomic mass is 10.1. The third-order valence-corrected chi connectivity index (χ3v) is 1.69. The predicted octanol–water partition coefficient (Wildman–Crippen LogP) is 1.35. The molecule has 0 unspecified atom stereocenters. The minimum Gasteiger partial charge on any atom is -0.383 e. The maximum atomic E-state index is 11.2. The molecule has 13 heavy (non-hydrogen) atoms. The summed E-state index contributed by atoms with van der Waals surface area (Å²) in [6, 6.07) is 3.58. The van der Waals surface area contributed by atoms with Gasteiger partial charge >= 0.3 is 0 Å². The summed E-state index contributed by atoms with van der Waals surface area (Å²) in [6.07, 6.45) is 3.92. The number of carbonyl (C=O) groups is 1. The van der Waals surface area contributed by atoms with Crippen molar-refractivity contribution in [2.75, 3.05) is 5.73 Å². The molecule has 0 radical (unpaired) electrons. The van der Waals surface area contributed by atoms with E-state index in [9.17, 15) is 4.79 Å². The van der Waals surface area contributed by atoms with Gasteiger partial charge in [0.05, 0.1) is 0 Å². The van der Waals surface area contributed by atoms with E-state index in [0.29, 0.717) is 18.7 Å². The van der Waals surface area contributed by atoms with Crippen LogP contribution >= 0.6 is 0 Å². The number of allylic oxidation sites excluding steroid dienone is 1. The quantitative estimate of drug-likeness (QED) is 0.704. The number of aromatic nitrogens is 1. The van der Waals surface area contributed by atoms with Crippen molar-refractivity contribution in [1.29, 1.82) is 0 Å². The van der Waals surface area contributed by atoms with E-state index in [-0.39, 0.29) is 5.78 Å². The number of rotatable bonds is 4. The molecule has 0 spiro atoms. The monoisotopic (exact) mass is 176 g/mol. The number of nitrogens with two attached hydrogens (primary N) is 1. The van der Waals surface area contributed by atoms with Crippen LogP contribution < -0.4 is 5.73 Å². The highest BCUT2D eigenvalue weighted by Gasteiger charge is 2.04. The summed E-state index contributed by atoms with van der Waals surface area (Å²) in [5, 5.41) is 0. The lowest BCUT2D eigenvalue weighted by Gasteiger charge is -2.01. The Morgan fingerprint density at radius 2 is 2.46 bits per heavy atom. The molecule has 0 aliphatic carbocycles. The van der Waals surface area contributed by atoms with E-state index in [4.69, 9.17) is 5.73 Å². The maximum Gasteiger partial charge on any atom is 0.141 e. The van der Waals surface area contributed by atoms with Crippen molar-refractivity contribution >= 4 is 11.6 Å². The van der Waals surface area contributed by atoms with Crippen molar-refractivity contribution < 1.29 is 4.79 Å². The molecule has 0 atom stereocenters. The van der Waals surface area contributed by atoms with E-state index in [1.54, 1.807) is 18.3 Å². The number of nitrogen functional groups attached to an aromatic ring is 1. The van der Waals surface area contributed by atoms with Crippen LogP contribution in [0.2, 0.25) is 0 Å². The van der Waals surface area contributed by atoms with Gasteiger partial charge in [0.2, 0.25) is 0 Å². The van der Waals surface area contributed by atoms with E-state index < -0.39 is 0 Å². The Labute approximate surface area is 77.3 Å². The number of hydrogen-bond acceptors (Lipinski definition) is 3. The number of anilines is 1. The average Bonchev–Trinajstić information content (AvgIpc) is 2.09. The van der Waals surface area contributed by atoms with Gasteiger partial charge in [0.1, 0.15) is 11.6 Å². The molecule has 0 aliphatic rings. The lowest BCUT2D eigenvalue weighted by Crippen LogP contribution is -2.04. The smallest absolute Gasteiger partial charge is 0.141 e. The first-order valence-corrected chi connectivity index (χ1v) is 4.06. The summed E-state index contributed by atoms with van der Waals surface area (Å²) in [6.45, 7) is 3.50. The summed E-state index contributed by atoms with van der Waals surface area (Å²) in [7, 11) is 0. The average molecular weight is 176 g/mol. The summed E-state index contributed by atoms with van der Waals surface area (Å²) < 4.78 is 0. The molecule has 0 saturated carbocycles. The van der Waals surface area contributed by atoms with Crippen molar-refractivity contribution in [1.82, 2.24) is 4.98 Å². The largest absolute Gasteiger partial charge is 0.383 e. The molecule has 0 bridgehead atoms. The normalized spacial score (nSPS) is 9.54. The van der Waals surface area contributed by atoms with Crippen molar-refractivity contribution in [3.63, 3.8) is 0 Å². The van der Waals surface area contributed by atoms with E-state index in [2.05, 4.69) is 11.6 Å². The van der Waals surface area contributed by atoms with Crippen molar-refractivity contribution in [2.24, 2.45) is 0 Å². The molecule has 1 aromatic rings. The molecule has 0 aromatic carbocycles. The molecule has 2 N–H and O–H groups in total. The molecule has 3 nitrogen and oxygen atoms in total. The first kappa shape index (κ1) is 9.45. The van der Waals surface area contributed by atoms with Gasteiger partial charge in [-0.05, 0) is 6.07 Å². The highest BCUT2D eigenvalue weighted by Crippen LogP contribution is 2.08. The molecule has 1 aromatic heterocycles. The maximum absolute atomic E-state index is 11.2. The highest BCUT2D eigenvalue weighted by atomic mass is 16.1. The van der Waals surface area contributed by atoms with Gasteiger partial charge in [-0.2, -0.15) is 0 Å². The number of pyridine rings is 1. The molecule has 0 fully saturated rings. The molecule has 3 heteroatoms. The van der Waals surface area contributed by atoms with Gasteiger partial charge in [-0.25, -0.2) is 4.98 Å². The van der Waals surface area contributed by atoms with Gasteiger partial charge in [-0.3, -0.25) is 4.79 Å². The van der Waals surface area contributed by atoms with Crippen LogP contribution in [0.4, 0.5) is 5.82 Å². The van der Waals surface area contributed by atoms with Crippen LogP contribution in [0.25, 0.3) is 0 Å². The summed E-state index contributed by atoms with van der Waals surface area (Å²) in [5.74, 6) is 0.537. The van der Waals surface area contributed by atoms with Gasteiger partial charge in [-0.1, -0.05) is 12.1 Å². The Kier molecular flexibility index (Phi) is 3.20. The van der Waals surface area contributed by atoms with E-state index in [1.807, 2.05) is 6.07 Å². The molecule has 1 rings (SSSR count). The molecule has 1 heterocycles. The number of nitrogens with zero attached hydrogens (tertiary/aromatic N) is 1. The lowest BCUT2D eigenvalue weighted by molar-refractivity contribution is -0.117. The minimum atomic E-state index is 0.106. The van der Waals surface area contributed by atoms with Gasteiger partial charge in [0.25, 0.3) is 0 Å². The zero-order chi connectivity index (χ0) is 9.68. The zero-order valence-electron chi connectivity index (χ0n) is 7.36. The van der Waals surface area contributed by atoms with Crippen LogP contribution in [0.15, 0.2) is 31.0 Å². The van der Waals surface area contributed by atoms with Gasteiger partial charge in [0, 0.05) is 24.6 Å². The van der Waals surface area contributed by atoms with Gasteiger partial charge < -0.3 is 5.73 Å². The Hall–Kier alpha value is -1.64. The molecule has 0 amide bonds. The highest BCUT2D eigenvalue weighted by molar-refractivity contribution is 5.83. The molecular formula is C10H12N2O. The fourth-order valence-corrected chi connectivity index (χ4v) is 1.05. The first-order chi connectivity index (χ1) is 6.24. The van der Waals surface area contributed by atoms with Crippen molar-refractivity contribution in [2.45, 2.75) is 12.8 Å². The predicted molar refractivity (Wildman–Crippen MR) is 52.2 cm³/mol. The molecule has 68 valence electrons. The van der Waals surface area contributed by atoms with E-state index in [0.717, 1.165) is 5.56 Å². The van der Waals surface area contributed by atoms with Crippen LogP contribution in [0.1, 0.15) is 12.0 Å². The van der Waals surface area contributed by atoms with E-state index >= 15 is 0 Å². The Bertz CT molecular complexity index is 320. The zero-order valence-corrected chi connectivity index (χ0v) is 7.36. The molecular weight excluding hydrogens is 164 g/mol. The van der Waals surface area contributed by atoms with Crippen LogP contribution in [-0.4, -0.2) is 10.8 Å².